The number of hydrogen-bond donors (Lipinski definition) is 1. The fraction of sp³-hybridized carbons (Fsp3) is 0.800. The molecule has 0 saturated carbocycles. The Balaban J connectivity index is 2.51. The maximum atomic E-state index is 10.7. The van der Waals surface area contributed by atoms with E-state index in [1.54, 1.807) is 11.8 Å². The van der Waals surface area contributed by atoms with Gasteiger partial charge in [-0.05, 0) is 13.8 Å². The Morgan fingerprint density at radius 3 is 2.38 bits per heavy atom. The smallest absolute Gasteiger partial charge is 0.233 e. The van der Waals surface area contributed by atoms with Gasteiger partial charge in [0.15, 0.2) is 0 Å². The fourth-order valence-corrected chi connectivity index (χ4v) is 1.71. The molecule has 1 amide bonds. The Kier molecular flexibility index (Phi) is 1.47. The van der Waals surface area contributed by atoms with Gasteiger partial charge in [0.1, 0.15) is 0 Å². The van der Waals surface area contributed by atoms with Gasteiger partial charge in [-0.3, -0.25) is 4.79 Å². The molecule has 0 unspecified atom stereocenters. The van der Waals surface area contributed by atoms with Crippen molar-refractivity contribution in [1.82, 2.24) is 5.32 Å². The van der Waals surface area contributed by atoms with E-state index < -0.39 is 0 Å². The second-order valence-electron chi connectivity index (χ2n) is 1.93. The first-order valence-electron chi connectivity index (χ1n) is 2.66. The number of amides is 1. The summed E-state index contributed by atoms with van der Waals surface area (Å²) in [5.41, 5.74) is 0. The highest BCUT2D eigenvalue weighted by molar-refractivity contribution is 8.01. The molecule has 0 aromatic rings. The van der Waals surface area contributed by atoms with Gasteiger partial charge < -0.3 is 5.32 Å². The Hall–Kier alpha value is -0.180. The number of thioether (sulfide) groups is 1. The summed E-state index contributed by atoms with van der Waals surface area (Å²) in [6.07, 6.45) is 0. The fourth-order valence-electron chi connectivity index (χ4n) is 0.720. The van der Waals surface area contributed by atoms with E-state index in [-0.39, 0.29) is 11.2 Å². The molecule has 3 heteroatoms. The highest BCUT2D eigenvalue weighted by Crippen LogP contribution is 2.21. The number of carbonyl (C=O) groups excluding carboxylic acids is 1. The molecule has 1 heterocycles. The van der Waals surface area contributed by atoms with E-state index in [0.29, 0.717) is 5.37 Å². The zero-order valence-corrected chi connectivity index (χ0v) is 5.79. The second-order valence-corrected chi connectivity index (χ2v) is 3.62. The molecule has 2 atom stereocenters. The van der Waals surface area contributed by atoms with Crippen molar-refractivity contribution in [2.45, 2.75) is 24.5 Å². The van der Waals surface area contributed by atoms with Gasteiger partial charge in [-0.2, -0.15) is 0 Å². The Labute approximate surface area is 53.0 Å². The van der Waals surface area contributed by atoms with Crippen LogP contribution >= 0.6 is 11.8 Å². The molecule has 1 N–H and O–H groups in total. The molecule has 8 heavy (non-hydrogen) atoms. The van der Waals surface area contributed by atoms with Gasteiger partial charge in [-0.15, -0.1) is 11.8 Å². The third-order valence-electron chi connectivity index (χ3n) is 1.12. The Morgan fingerprint density at radius 2 is 2.25 bits per heavy atom. The Bertz CT molecular complexity index is 115. The molecule has 46 valence electrons. The highest BCUT2D eigenvalue weighted by atomic mass is 32.2. The quantitative estimate of drug-likeness (QED) is 0.521. The van der Waals surface area contributed by atoms with Crippen molar-refractivity contribution in [2.24, 2.45) is 0 Å². The average Bonchev–Trinajstić information content (AvgIpc) is 1.85. The first kappa shape index (κ1) is 5.95. The maximum absolute atomic E-state index is 10.7. The largest absolute Gasteiger partial charge is 0.344 e. The highest BCUT2D eigenvalue weighted by Gasteiger charge is 2.24. The van der Waals surface area contributed by atoms with Gasteiger partial charge in [0.25, 0.3) is 0 Å². The van der Waals surface area contributed by atoms with Crippen LogP contribution in [0.2, 0.25) is 0 Å². The number of hydrogen-bond acceptors (Lipinski definition) is 2. The van der Waals surface area contributed by atoms with E-state index in [1.165, 1.54) is 0 Å². The molecule has 1 rings (SSSR count). The van der Waals surface area contributed by atoms with E-state index in [0.717, 1.165) is 0 Å². The summed E-state index contributed by atoms with van der Waals surface area (Å²) < 4.78 is 0. The van der Waals surface area contributed by atoms with Crippen molar-refractivity contribution >= 4 is 17.7 Å². The predicted molar refractivity (Wildman–Crippen MR) is 34.7 cm³/mol. The summed E-state index contributed by atoms with van der Waals surface area (Å²) in [5.74, 6) is 0.169. The molecule has 1 aliphatic rings. The van der Waals surface area contributed by atoms with Crippen molar-refractivity contribution in [3.8, 4) is 0 Å². The zero-order valence-electron chi connectivity index (χ0n) is 4.97. The molecule has 0 bridgehead atoms. The molecule has 0 aromatic heterocycles. The van der Waals surface area contributed by atoms with Crippen LogP contribution in [0.25, 0.3) is 0 Å². The van der Waals surface area contributed by atoms with E-state index in [2.05, 4.69) is 5.32 Å². The summed E-state index contributed by atoms with van der Waals surface area (Å²) in [6, 6.07) is 0. The van der Waals surface area contributed by atoms with Gasteiger partial charge in [-0.1, -0.05) is 0 Å². The molecule has 1 fully saturated rings. The van der Waals surface area contributed by atoms with E-state index >= 15 is 0 Å². The molecule has 0 radical (unpaired) electrons. The van der Waals surface area contributed by atoms with Crippen LogP contribution in [0, 0.1) is 0 Å². The minimum atomic E-state index is 0.157. The van der Waals surface area contributed by atoms with Crippen molar-refractivity contribution in [3.05, 3.63) is 0 Å². The summed E-state index contributed by atoms with van der Waals surface area (Å²) in [6.45, 7) is 3.91. The van der Waals surface area contributed by atoms with Crippen LogP contribution in [0.5, 0.6) is 0 Å². The third-order valence-corrected chi connectivity index (χ3v) is 2.27. The van der Waals surface area contributed by atoms with Crippen molar-refractivity contribution in [3.63, 3.8) is 0 Å². The van der Waals surface area contributed by atoms with Gasteiger partial charge >= 0.3 is 0 Å². The molecule has 1 aliphatic heterocycles. The van der Waals surface area contributed by atoms with E-state index in [1.807, 2.05) is 13.8 Å². The lowest BCUT2D eigenvalue weighted by atomic mass is 10.4. The van der Waals surface area contributed by atoms with Gasteiger partial charge in [0, 0.05) is 0 Å². The second kappa shape index (κ2) is 1.97. The van der Waals surface area contributed by atoms with Crippen molar-refractivity contribution in [2.75, 3.05) is 0 Å². The minimum absolute atomic E-state index is 0.157. The molecular formula is C5H9NOS. The lowest BCUT2D eigenvalue weighted by Crippen LogP contribution is -2.24. The van der Waals surface area contributed by atoms with Crippen LogP contribution in [0.1, 0.15) is 13.8 Å². The number of carbonyl (C=O) groups is 1. The van der Waals surface area contributed by atoms with Crippen LogP contribution in [0.4, 0.5) is 0 Å². The van der Waals surface area contributed by atoms with Crippen molar-refractivity contribution in [1.29, 1.82) is 0 Å². The minimum Gasteiger partial charge on any atom is -0.344 e. The molecular weight excluding hydrogens is 122 g/mol. The maximum Gasteiger partial charge on any atom is 0.233 e. The van der Waals surface area contributed by atoms with Crippen LogP contribution in [-0.2, 0) is 4.79 Å². The lowest BCUT2D eigenvalue weighted by molar-refractivity contribution is -0.119. The molecule has 1 saturated heterocycles. The van der Waals surface area contributed by atoms with Crippen LogP contribution in [-0.4, -0.2) is 16.5 Å². The van der Waals surface area contributed by atoms with Gasteiger partial charge in [0.2, 0.25) is 5.91 Å². The first-order valence-corrected chi connectivity index (χ1v) is 3.60. The summed E-state index contributed by atoms with van der Waals surface area (Å²) in [4.78, 5) is 10.7. The number of rotatable bonds is 0. The summed E-state index contributed by atoms with van der Waals surface area (Å²) in [5, 5.41) is 3.27. The molecule has 2 nitrogen and oxygen atoms in total. The molecule has 0 aliphatic carbocycles. The third kappa shape index (κ3) is 0.968. The topological polar surface area (TPSA) is 29.1 Å². The SMILES string of the molecule is C[C@@H]1NC(=O)[C@H](C)S1. The Morgan fingerprint density at radius 1 is 1.62 bits per heavy atom. The van der Waals surface area contributed by atoms with Gasteiger partial charge in [0.05, 0.1) is 10.6 Å². The standard InChI is InChI=1S/C5H9NOS/c1-3-5(7)6-4(2)8-3/h3-4H,1-2H3,(H,6,7)/t3-,4+/m0/s1. The molecule has 0 spiro atoms. The summed E-state index contributed by atoms with van der Waals surface area (Å²) >= 11 is 1.67. The van der Waals surface area contributed by atoms with Crippen LogP contribution in [0.15, 0.2) is 0 Å². The summed E-state index contributed by atoms with van der Waals surface area (Å²) in [7, 11) is 0. The van der Waals surface area contributed by atoms with Crippen LogP contribution in [0.3, 0.4) is 0 Å². The average molecular weight is 131 g/mol. The van der Waals surface area contributed by atoms with Gasteiger partial charge in [-0.25, -0.2) is 0 Å². The monoisotopic (exact) mass is 131 g/mol. The van der Waals surface area contributed by atoms with E-state index in [9.17, 15) is 4.79 Å². The molecule has 0 aromatic carbocycles. The first-order chi connectivity index (χ1) is 3.70. The zero-order chi connectivity index (χ0) is 6.15. The van der Waals surface area contributed by atoms with Crippen molar-refractivity contribution < 1.29 is 4.79 Å². The lowest BCUT2D eigenvalue weighted by Gasteiger charge is -1.95. The van der Waals surface area contributed by atoms with Crippen LogP contribution < -0.4 is 5.32 Å². The normalized spacial score (nSPS) is 37.5. The predicted octanol–water partition coefficient (Wildman–Crippen LogP) is 0.584. The van der Waals surface area contributed by atoms with E-state index in [4.69, 9.17) is 0 Å². The number of nitrogens with one attached hydrogen (secondary N) is 1.